The van der Waals surface area contributed by atoms with Crippen molar-refractivity contribution < 1.29 is 13.2 Å². The molecule has 6 heteroatoms. The molecule has 0 spiro atoms. The Kier molecular flexibility index (Phi) is 4.58. The molecule has 0 saturated carbocycles. The van der Waals surface area contributed by atoms with E-state index in [-0.39, 0.29) is 4.90 Å². The smallest absolute Gasteiger partial charge is 0.261 e. The van der Waals surface area contributed by atoms with E-state index >= 15 is 0 Å². The maximum atomic E-state index is 12.4. The Morgan fingerprint density at radius 1 is 1.19 bits per heavy atom. The highest BCUT2D eigenvalue weighted by molar-refractivity contribution is 7.92. The number of rotatable bonds is 5. The van der Waals surface area contributed by atoms with Gasteiger partial charge in [-0.1, -0.05) is 24.3 Å². The topological polar surface area (TPSA) is 79.2 Å². The second-order valence-electron chi connectivity index (χ2n) is 4.34. The van der Waals surface area contributed by atoms with E-state index < -0.39 is 10.0 Å². The summed E-state index contributed by atoms with van der Waals surface area (Å²) < 4.78 is 32.3. The van der Waals surface area contributed by atoms with Crippen LogP contribution in [-0.4, -0.2) is 15.5 Å². The Hall–Kier alpha value is -2.36. The second-order valence-corrected chi connectivity index (χ2v) is 6.02. The van der Waals surface area contributed by atoms with Crippen molar-refractivity contribution >= 4 is 15.7 Å². The molecule has 0 aliphatic rings. The fraction of sp³-hybridized carbons (Fsp3) is 0.133. The molecule has 2 rings (SSSR count). The Balaban J connectivity index is 2.36. The molecule has 21 heavy (non-hydrogen) atoms. The highest BCUT2D eigenvalue weighted by atomic mass is 32.2. The molecule has 0 aromatic heterocycles. The van der Waals surface area contributed by atoms with Crippen LogP contribution in [0.2, 0.25) is 0 Å². The quantitative estimate of drug-likeness (QED) is 0.920. The monoisotopic (exact) mass is 302 g/mol. The van der Waals surface area contributed by atoms with Gasteiger partial charge in [-0.3, -0.25) is 4.72 Å². The Labute approximate surface area is 123 Å². The van der Waals surface area contributed by atoms with Gasteiger partial charge in [0.25, 0.3) is 10.0 Å². The molecule has 0 atom stereocenters. The van der Waals surface area contributed by atoms with Gasteiger partial charge in [-0.15, -0.1) is 0 Å². The minimum atomic E-state index is -3.74. The first-order valence-corrected chi connectivity index (χ1v) is 7.65. The summed E-state index contributed by atoms with van der Waals surface area (Å²) in [6.45, 7) is 0.303. The van der Waals surface area contributed by atoms with Gasteiger partial charge < -0.3 is 4.74 Å². The Bertz CT molecular complexity index is 780. The summed E-state index contributed by atoms with van der Waals surface area (Å²) in [7, 11) is -2.20. The molecule has 0 aliphatic carbocycles. The van der Waals surface area contributed by atoms with E-state index in [1.165, 1.54) is 18.2 Å². The molecule has 108 valence electrons. The van der Waals surface area contributed by atoms with Crippen LogP contribution in [0.5, 0.6) is 0 Å². The normalized spacial score (nSPS) is 10.9. The zero-order valence-corrected chi connectivity index (χ0v) is 12.2. The summed E-state index contributed by atoms with van der Waals surface area (Å²) in [6, 6.07) is 14.8. The summed E-state index contributed by atoms with van der Waals surface area (Å²) in [5.41, 5.74) is 1.49. The van der Waals surface area contributed by atoms with Crippen molar-refractivity contribution in [2.75, 3.05) is 11.8 Å². The summed E-state index contributed by atoms with van der Waals surface area (Å²) in [5, 5.41) is 8.85. The van der Waals surface area contributed by atoms with Crippen LogP contribution in [0.3, 0.4) is 0 Å². The van der Waals surface area contributed by atoms with Crippen LogP contribution in [0, 0.1) is 11.3 Å². The van der Waals surface area contributed by atoms with Crippen molar-refractivity contribution in [3.05, 3.63) is 59.7 Å². The van der Waals surface area contributed by atoms with Gasteiger partial charge in [0, 0.05) is 12.7 Å². The van der Waals surface area contributed by atoms with Gasteiger partial charge in [0.15, 0.2) is 0 Å². The average Bonchev–Trinajstić information content (AvgIpc) is 2.49. The van der Waals surface area contributed by atoms with E-state index in [9.17, 15) is 8.42 Å². The van der Waals surface area contributed by atoms with Crippen molar-refractivity contribution in [1.82, 2.24) is 0 Å². The van der Waals surface area contributed by atoms with Crippen LogP contribution in [0.25, 0.3) is 0 Å². The summed E-state index contributed by atoms with van der Waals surface area (Å²) in [4.78, 5) is 0.0498. The van der Waals surface area contributed by atoms with Crippen LogP contribution in [-0.2, 0) is 21.4 Å². The van der Waals surface area contributed by atoms with Crippen molar-refractivity contribution in [2.45, 2.75) is 11.5 Å². The lowest BCUT2D eigenvalue weighted by atomic mass is 10.2. The largest absolute Gasteiger partial charge is 0.380 e. The number of hydrogen-bond donors (Lipinski definition) is 1. The maximum Gasteiger partial charge on any atom is 0.261 e. The standard InChI is InChI=1S/C15H14N2O3S/c1-20-11-13-6-2-3-8-15(13)17-21(18,19)14-7-4-5-12(9-14)10-16/h2-9,17H,11H2,1H3. The molecule has 0 amide bonds. The molecule has 5 nitrogen and oxygen atoms in total. The maximum absolute atomic E-state index is 12.4. The third-order valence-electron chi connectivity index (χ3n) is 2.83. The molecule has 0 fully saturated rings. The van der Waals surface area contributed by atoms with Crippen molar-refractivity contribution in [3.8, 4) is 6.07 Å². The van der Waals surface area contributed by atoms with Crippen LogP contribution in [0.15, 0.2) is 53.4 Å². The minimum absolute atomic E-state index is 0.0498. The van der Waals surface area contributed by atoms with Gasteiger partial charge in [0.2, 0.25) is 0 Å². The molecule has 1 N–H and O–H groups in total. The first kappa shape index (κ1) is 15.0. The second kappa shape index (κ2) is 6.39. The lowest BCUT2D eigenvalue weighted by Crippen LogP contribution is -2.14. The Morgan fingerprint density at radius 2 is 1.95 bits per heavy atom. The van der Waals surface area contributed by atoms with Crippen molar-refractivity contribution in [2.24, 2.45) is 0 Å². The molecular weight excluding hydrogens is 288 g/mol. The number of ether oxygens (including phenoxy) is 1. The van der Waals surface area contributed by atoms with Gasteiger partial charge >= 0.3 is 0 Å². The first-order chi connectivity index (χ1) is 10.1. The van der Waals surface area contributed by atoms with E-state index in [2.05, 4.69) is 4.72 Å². The first-order valence-electron chi connectivity index (χ1n) is 6.16. The average molecular weight is 302 g/mol. The number of para-hydroxylation sites is 1. The van der Waals surface area contributed by atoms with Crippen molar-refractivity contribution in [1.29, 1.82) is 5.26 Å². The van der Waals surface area contributed by atoms with Crippen LogP contribution >= 0.6 is 0 Å². The zero-order valence-electron chi connectivity index (χ0n) is 11.4. The third-order valence-corrected chi connectivity index (χ3v) is 4.20. The lowest BCUT2D eigenvalue weighted by Gasteiger charge is -2.12. The highest BCUT2D eigenvalue weighted by Gasteiger charge is 2.16. The molecular formula is C15H14N2O3S. The van der Waals surface area contributed by atoms with Crippen LogP contribution in [0.1, 0.15) is 11.1 Å². The fourth-order valence-corrected chi connectivity index (χ4v) is 2.98. The number of hydrogen-bond acceptors (Lipinski definition) is 4. The molecule has 0 aliphatic heterocycles. The number of nitrogens with one attached hydrogen (secondary N) is 1. The van der Waals surface area contributed by atoms with Crippen LogP contribution < -0.4 is 4.72 Å². The molecule has 2 aromatic rings. The number of sulfonamides is 1. The summed E-state index contributed by atoms with van der Waals surface area (Å²) >= 11 is 0. The van der Waals surface area contributed by atoms with E-state index in [1.807, 2.05) is 12.1 Å². The molecule has 0 bridgehead atoms. The number of benzene rings is 2. The fourth-order valence-electron chi connectivity index (χ4n) is 1.84. The molecule has 2 aromatic carbocycles. The third kappa shape index (κ3) is 3.60. The van der Waals surface area contributed by atoms with E-state index in [4.69, 9.17) is 10.00 Å². The SMILES string of the molecule is COCc1ccccc1NS(=O)(=O)c1cccc(C#N)c1. The van der Waals surface area contributed by atoms with Gasteiger partial charge in [0.1, 0.15) is 0 Å². The number of nitriles is 1. The zero-order chi connectivity index (χ0) is 15.3. The molecule has 0 radical (unpaired) electrons. The van der Waals surface area contributed by atoms with Gasteiger partial charge in [-0.25, -0.2) is 8.42 Å². The van der Waals surface area contributed by atoms with Gasteiger partial charge in [0.05, 0.1) is 28.8 Å². The number of methoxy groups -OCH3 is 1. The predicted octanol–water partition coefficient (Wildman–Crippen LogP) is 2.51. The summed E-state index contributed by atoms with van der Waals surface area (Å²) in [5.74, 6) is 0. The summed E-state index contributed by atoms with van der Waals surface area (Å²) in [6.07, 6.45) is 0. The highest BCUT2D eigenvalue weighted by Crippen LogP contribution is 2.21. The van der Waals surface area contributed by atoms with E-state index in [0.717, 1.165) is 5.56 Å². The minimum Gasteiger partial charge on any atom is -0.380 e. The predicted molar refractivity (Wildman–Crippen MR) is 79.1 cm³/mol. The van der Waals surface area contributed by atoms with E-state index in [0.29, 0.717) is 17.9 Å². The van der Waals surface area contributed by atoms with Crippen molar-refractivity contribution in [3.63, 3.8) is 0 Å². The molecule has 0 unspecified atom stereocenters. The van der Waals surface area contributed by atoms with E-state index in [1.54, 1.807) is 31.4 Å². The van der Waals surface area contributed by atoms with Gasteiger partial charge in [-0.2, -0.15) is 5.26 Å². The number of nitrogens with zero attached hydrogens (tertiary/aromatic N) is 1. The van der Waals surface area contributed by atoms with Crippen LogP contribution in [0.4, 0.5) is 5.69 Å². The lowest BCUT2D eigenvalue weighted by molar-refractivity contribution is 0.185. The number of anilines is 1. The van der Waals surface area contributed by atoms with Gasteiger partial charge in [-0.05, 0) is 24.3 Å². The molecule has 0 saturated heterocycles. The molecule has 0 heterocycles. The Morgan fingerprint density at radius 3 is 2.67 bits per heavy atom.